The standard InChI is InChI=1S/C23H27FN2O3/c1-14(2)26-13-23-11-8-17(29-23)18(19(23)21(26)28)20(27)25-22(9-3-4-10-22)15-6-5-7-16(24)12-15/h5-8,11-12,14,17-19H,3-4,9-10,13H2,1-2H3,(H,25,27)/t17-,18-,19-,23-/m1/s1. The Labute approximate surface area is 170 Å². The van der Waals surface area contributed by atoms with E-state index in [1.807, 2.05) is 37.0 Å². The van der Waals surface area contributed by atoms with Gasteiger partial charge >= 0.3 is 0 Å². The number of hydrogen-bond acceptors (Lipinski definition) is 3. The van der Waals surface area contributed by atoms with Crippen molar-refractivity contribution >= 4 is 11.8 Å². The number of benzene rings is 1. The highest BCUT2D eigenvalue weighted by Gasteiger charge is 2.67. The Kier molecular flexibility index (Phi) is 4.14. The summed E-state index contributed by atoms with van der Waals surface area (Å²) in [4.78, 5) is 28.5. The smallest absolute Gasteiger partial charge is 0.230 e. The molecule has 4 atom stereocenters. The zero-order valence-electron chi connectivity index (χ0n) is 16.9. The van der Waals surface area contributed by atoms with Crippen LogP contribution in [0, 0.1) is 17.7 Å². The van der Waals surface area contributed by atoms with Crippen LogP contribution in [0.1, 0.15) is 45.1 Å². The second-order valence-electron chi connectivity index (χ2n) is 9.25. The largest absolute Gasteiger partial charge is 0.360 e. The molecule has 5 nitrogen and oxygen atoms in total. The molecule has 6 heteroatoms. The van der Waals surface area contributed by atoms with Gasteiger partial charge in [-0.15, -0.1) is 0 Å². The highest BCUT2D eigenvalue weighted by atomic mass is 19.1. The predicted molar refractivity (Wildman–Crippen MR) is 105 cm³/mol. The summed E-state index contributed by atoms with van der Waals surface area (Å²) in [6, 6.07) is 6.58. The van der Waals surface area contributed by atoms with E-state index in [0.29, 0.717) is 6.54 Å². The molecule has 3 aliphatic heterocycles. The topological polar surface area (TPSA) is 58.6 Å². The van der Waals surface area contributed by atoms with E-state index in [0.717, 1.165) is 31.2 Å². The fourth-order valence-corrected chi connectivity index (χ4v) is 5.83. The van der Waals surface area contributed by atoms with Gasteiger partial charge in [0, 0.05) is 6.04 Å². The molecule has 2 bridgehead atoms. The van der Waals surface area contributed by atoms with Crippen molar-refractivity contribution in [3.63, 3.8) is 0 Å². The molecule has 0 unspecified atom stereocenters. The third-order valence-corrected chi connectivity index (χ3v) is 7.25. The normalized spacial score (nSPS) is 34.3. The molecule has 0 aromatic heterocycles. The molecule has 1 N–H and O–H groups in total. The van der Waals surface area contributed by atoms with Gasteiger partial charge < -0.3 is 15.0 Å². The Morgan fingerprint density at radius 2 is 2.07 bits per heavy atom. The third kappa shape index (κ3) is 2.68. The molecule has 1 aromatic rings. The number of halogens is 1. The number of ether oxygens (including phenoxy) is 1. The first-order chi connectivity index (χ1) is 13.9. The maximum Gasteiger partial charge on any atom is 0.230 e. The molecule has 5 rings (SSSR count). The minimum atomic E-state index is -0.685. The Morgan fingerprint density at radius 3 is 2.76 bits per heavy atom. The van der Waals surface area contributed by atoms with Crippen LogP contribution in [0.3, 0.4) is 0 Å². The quantitative estimate of drug-likeness (QED) is 0.794. The second-order valence-corrected chi connectivity index (χ2v) is 9.25. The van der Waals surface area contributed by atoms with Crippen molar-refractivity contribution in [2.45, 2.75) is 62.8 Å². The lowest BCUT2D eigenvalue weighted by Gasteiger charge is -2.34. The minimum Gasteiger partial charge on any atom is -0.360 e. The lowest BCUT2D eigenvalue weighted by molar-refractivity contribution is -0.139. The third-order valence-electron chi connectivity index (χ3n) is 7.25. The number of carbonyl (C=O) groups excluding carboxylic acids is 2. The number of hydrogen-bond donors (Lipinski definition) is 1. The van der Waals surface area contributed by atoms with E-state index < -0.39 is 23.0 Å². The van der Waals surface area contributed by atoms with Crippen molar-refractivity contribution in [3.05, 3.63) is 47.8 Å². The van der Waals surface area contributed by atoms with E-state index in [-0.39, 0.29) is 29.8 Å². The van der Waals surface area contributed by atoms with Crippen LogP contribution in [-0.4, -0.2) is 41.0 Å². The van der Waals surface area contributed by atoms with E-state index in [1.165, 1.54) is 12.1 Å². The first-order valence-electron chi connectivity index (χ1n) is 10.6. The lowest BCUT2D eigenvalue weighted by Crippen LogP contribution is -2.51. The zero-order valence-corrected chi connectivity index (χ0v) is 16.9. The van der Waals surface area contributed by atoms with Gasteiger partial charge in [0.25, 0.3) is 0 Å². The van der Waals surface area contributed by atoms with Crippen LogP contribution in [0.4, 0.5) is 4.39 Å². The van der Waals surface area contributed by atoms with Gasteiger partial charge in [-0.3, -0.25) is 9.59 Å². The first-order valence-corrected chi connectivity index (χ1v) is 10.6. The summed E-state index contributed by atoms with van der Waals surface area (Å²) < 4.78 is 20.1. The average Bonchev–Trinajstić information content (AvgIpc) is 3.43. The highest BCUT2D eigenvalue weighted by Crippen LogP contribution is 2.52. The summed E-state index contributed by atoms with van der Waals surface area (Å²) in [5.74, 6) is -1.48. The van der Waals surface area contributed by atoms with Crippen molar-refractivity contribution in [1.82, 2.24) is 10.2 Å². The number of likely N-dealkylation sites (tertiary alicyclic amines) is 1. The molecule has 1 aromatic carbocycles. The first kappa shape index (κ1) is 18.8. The highest BCUT2D eigenvalue weighted by molar-refractivity contribution is 5.93. The van der Waals surface area contributed by atoms with Gasteiger partial charge in [0.2, 0.25) is 11.8 Å². The number of rotatable bonds is 4. The molecule has 3 heterocycles. The Hall–Kier alpha value is -2.21. The van der Waals surface area contributed by atoms with Crippen molar-refractivity contribution in [1.29, 1.82) is 0 Å². The van der Waals surface area contributed by atoms with Gasteiger partial charge in [-0.1, -0.05) is 37.1 Å². The molecular formula is C23H27FN2O3. The van der Waals surface area contributed by atoms with Crippen LogP contribution in [-0.2, 0) is 19.9 Å². The predicted octanol–water partition coefficient (Wildman–Crippen LogP) is 2.90. The Morgan fingerprint density at radius 1 is 1.31 bits per heavy atom. The molecule has 1 spiro atoms. The maximum atomic E-state index is 13.9. The molecular weight excluding hydrogens is 371 g/mol. The van der Waals surface area contributed by atoms with Crippen LogP contribution in [0.25, 0.3) is 0 Å². The number of amides is 2. The Balaban J connectivity index is 1.45. The SMILES string of the molecule is CC(C)N1C[C@@]23C=C[C@@H](O2)[C@@H](C(=O)NC2(c4cccc(F)c4)CCCC2)[C@@H]3C1=O. The summed E-state index contributed by atoms with van der Waals surface area (Å²) in [6.07, 6.45) is 7.05. The van der Waals surface area contributed by atoms with Gasteiger partial charge in [-0.05, 0) is 44.4 Å². The van der Waals surface area contributed by atoms with Crippen LogP contribution in [0.15, 0.2) is 36.4 Å². The number of nitrogens with zero attached hydrogens (tertiary/aromatic N) is 1. The minimum absolute atomic E-state index is 0.00164. The average molecular weight is 398 g/mol. The van der Waals surface area contributed by atoms with Crippen LogP contribution in [0.2, 0.25) is 0 Å². The summed E-state index contributed by atoms with van der Waals surface area (Å²) in [6.45, 7) is 4.47. The van der Waals surface area contributed by atoms with E-state index >= 15 is 0 Å². The monoisotopic (exact) mass is 398 g/mol. The van der Waals surface area contributed by atoms with Crippen LogP contribution in [0.5, 0.6) is 0 Å². The van der Waals surface area contributed by atoms with Gasteiger partial charge in [0.1, 0.15) is 11.4 Å². The number of nitrogens with one attached hydrogen (secondary N) is 1. The van der Waals surface area contributed by atoms with Crippen molar-refractivity contribution < 1.29 is 18.7 Å². The molecule has 4 aliphatic rings. The van der Waals surface area contributed by atoms with Crippen LogP contribution < -0.4 is 5.32 Å². The van der Waals surface area contributed by atoms with Crippen molar-refractivity contribution in [2.75, 3.05) is 6.54 Å². The molecule has 29 heavy (non-hydrogen) atoms. The van der Waals surface area contributed by atoms with E-state index in [4.69, 9.17) is 4.74 Å². The van der Waals surface area contributed by atoms with Crippen LogP contribution >= 0.6 is 0 Å². The second kappa shape index (κ2) is 6.39. The van der Waals surface area contributed by atoms with E-state index in [2.05, 4.69) is 5.32 Å². The Bertz CT molecular complexity index is 892. The molecule has 1 aliphatic carbocycles. The lowest BCUT2D eigenvalue weighted by atomic mass is 9.76. The fraction of sp³-hybridized carbons (Fsp3) is 0.565. The van der Waals surface area contributed by atoms with E-state index in [1.54, 1.807) is 6.07 Å². The molecule has 154 valence electrons. The fourth-order valence-electron chi connectivity index (χ4n) is 5.83. The molecule has 3 fully saturated rings. The number of carbonyl (C=O) groups is 2. The summed E-state index contributed by atoms with van der Waals surface area (Å²) in [7, 11) is 0. The van der Waals surface area contributed by atoms with Gasteiger partial charge in [0.05, 0.1) is 30.0 Å². The molecule has 2 amide bonds. The van der Waals surface area contributed by atoms with Gasteiger partial charge in [-0.2, -0.15) is 0 Å². The number of fused-ring (bicyclic) bond motifs is 1. The van der Waals surface area contributed by atoms with Gasteiger partial charge in [0.15, 0.2) is 0 Å². The van der Waals surface area contributed by atoms with Gasteiger partial charge in [-0.25, -0.2) is 4.39 Å². The summed E-state index contributed by atoms with van der Waals surface area (Å²) in [5, 5.41) is 3.25. The molecule has 2 saturated heterocycles. The van der Waals surface area contributed by atoms with E-state index in [9.17, 15) is 14.0 Å². The summed E-state index contributed by atoms with van der Waals surface area (Å²) in [5.41, 5.74) is -0.452. The molecule has 0 radical (unpaired) electrons. The van der Waals surface area contributed by atoms with Crippen molar-refractivity contribution in [2.24, 2.45) is 11.8 Å². The maximum absolute atomic E-state index is 13.9. The zero-order chi connectivity index (χ0) is 20.4. The summed E-state index contributed by atoms with van der Waals surface area (Å²) >= 11 is 0. The molecule has 1 saturated carbocycles. The van der Waals surface area contributed by atoms with Crippen molar-refractivity contribution in [3.8, 4) is 0 Å².